The molecule has 3 heterocycles. The molecule has 4 aromatic rings. The number of carbonyl (C=O) groups is 1. The van der Waals surface area contributed by atoms with Gasteiger partial charge in [-0.25, -0.2) is 4.98 Å². The number of aromatic nitrogens is 4. The highest BCUT2D eigenvalue weighted by molar-refractivity contribution is 5.78. The minimum atomic E-state index is -0.0383. The molecule has 158 valence electrons. The second-order valence-corrected chi connectivity index (χ2v) is 7.69. The molecule has 2 aromatic carbocycles. The predicted molar refractivity (Wildman–Crippen MR) is 114 cm³/mol. The number of nitrogens with zero attached hydrogens (tertiary/aromatic N) is 4. The minimum Gasteiger partial charge on any atom is -0.362 e. The van der Waals surface area contributed by atoms with E-state index in [4.69, 9.17) is 14.2 Å². The van der Waals surface area contributed by atoms with Crippen LogP contribution in [-0.4, -0.2) is 50.6 Å². The first-order valence-electron chi connectivity index (χ1n) is 10.4. The van der Waals surface area contributed by atoms with Crippen LogP contribution in [0.15, 0.2) is 59.1 Å². The fraction of sp³-hybridized carbons (Fsp3) is 0.304. The van der Waals surface area contributed by atoms with Gasteiger partial charge >= 0.3 is 0 Å². The maximum atomic E-state index is 12.7. The smallest absolute Gasteiger partial charge is 0.252 e. The number of hydrogen-bond acceptors (Lipinski definition) is 6. The number of benzene rings is 2. The topological polar surface area (TPSA) is 97.1 Å². The summed E-state index contributed by atoms with van der Waals surface area (Å²) >= 11 is 0. The van der Waals surface area contributed by atoms with Crippen molar-refractivity contribution in [1.82, 2.24) is 25.0 Å². The Kier molecular flexibility index (Phi) is 5.45. The molecule has 5 rings (SSSR count). The van der Waals surface area contributed by atoms with E-state index in [1.54, 1.807) is 0 Å². The number of imidazole rings is 1. The quantitative estimate of drug-likeness (QED) is 0.515. The molecule has 1 atom stereocenters. The molecular formula is C23H23N5O3. The number of aromatic amines is 1. The number of H-pyrrole nitrogens is 1. The molecule has 0 spiro atoms. The fourth-order valence-electron chi connectivity index (χ4n) is 3.93. The Bertz CT molecular complexity index is 1140. The third kappa shape index (κ3) is 4.34. The van der Waals surface area contributed by atoms with Crippen molar-refractivity contribution in [3.05, 3.63) is 66.3 Å². The van der Waals surface area contributed by atoms with E-state index in [0.717, 1.165) is 41.8 Å². The van der Waals surface area contributed by atoms with Gasteiger partial charge in [0.15, 0.2) is 0 Å². The van der Waals surface area contributed by atoms with Crippen molar-refractivity contribution < 1.29 is 14.1 Å². The number of piperidine rings is 1. The largest absolute Gasteiger partial charge is 0.362 e. The molecule has 1 unspecified atom stereocenters. The molecule has 0 saturated carbocycles. The van der Waals surface area contributed by atoms with E-state index < -0.39 is 0 Å². The second kappa shape index (κ2) is 8.69. The number of carbonyl (C=O) groups excluding carboxylic acids is 1. The summed E-state index contributed by atoms with van der Waals surface area (Å²) in [5.74, 6) is 1.97. The molecule has 1 aliphatic rings. The van der Waals surface area contributed by atoms with Crippen LogP contribution in [0.25, 0.3) is 22.4 Å². The summed E-state index contributed by atoms with van der Waals surface area (Å²) in [6, 6.07) is 17.6. The lowest BCUT2D eigenvalue weighted by Gasteiger charge is -2.31. The molecule has 0 bridgehead atoms. The van der Waals surface area contributed by atoms with E-state index >= 15 is 0 Å². The van der Waals surface area contributed by atoms with Crippen LogP contribution in [0.1, 0.15) is 30.5 Å². The third-order valence-corrected chi connectivity index (χ3v) is 5.52. The van der Waals surface area contributed by atoms with Crippen LogP contribution < -0.4 is 0 Å². The first kappa shape index (κ1) is 19.4. The molecule has 31 heavy (non-hydrogen) atoms. The summed E-state index contributed by atoms with van der Waals surface area (Å²) in [6.07, 6.45) is 1.95. The number of nitrogens with one attached hydrogen (secondary N) is 1. The molecule has 8 heteroatoms. The molecule has 1 amide bonds. The van der Waals surface area contributed by atoms with Gasteiger partial charge in [0.25, 0.3) is 5.89 Å². The third-order valence-electron chi connectivity index (χ3n) is 5.52. The van der Waals surface area contributed by atoms with Crippen LogP contribution in [0.5, 0.6) is 0 Å². The van der Waals surface area contributed by atoms with E-state index in [0.29, 0.717) is 18.3 Å². The summed E-state index contributed by atoms with van der Waals surface area (Å²) in [5, 5.41) is 3.96. The SMILES string of the molecule is O=C(COCc1nc(-c2ccccc2)no1)N1CCCC(c2nc3ccccc3[nH]2)C1. The number of rotatable bonds is 6. The number of hydrogen-bond donors (Lipinski definition) is 1. The standard InChI is InChI=1S/C23H23N5O3/c29-21(15-30-14-20-26-23(27-31-20)16-7-2-1-3-8-16)28-12-6-9-17(13-28)22-24-18-10-4-5-11-19(18)25-22/h1-5,7-8,10-11,17H,6,9,12-15H2,(H,24,25). The fourth-order valence-corrected chi connectivity index (χ4v) is 3.93. The molecule has 1 saturated heterocycles. The van der Waals surface area contributed by atoms with Gasteiger partial charge in [0.2, 0.25) is 11.7 Å². The van der Waals surface area contributed by atoms with Crippen molar-refractivity contribution >= 4 is 16.9 Å². The molecule has 0 aliphatic carbocycles. The summed E-state index contributed by atoms with van der Waals surface area (Å²) in [7, 11) is 0. The highest BCUT2D eigenvalue weighted by atomic mass is 16.5. The Morgan fingerprint density at radius 3 is 2.84 bits per heavy atom. The van der Waals surface area contributed by atoms with Crippen molar-refractivity contribution in [2.24, 2.45) is 0 Å². The predicted octanol–water partition coefficient (Wildman–Crippen LogP) is 3.54. The second-order valence-electron chi connectivity index (χ2n) is 7.69. The van der Waals surface area contributed by atoms with Crippen molar-refractivity contribution in [3.8, 4) is 11.4 Å². The normalized spacial score (nSPS) is 16.6. The van der Waals surface area contributed by atoms with E-state index in [2.05, 4.69) is 15.1 Å². The Labute approximate surface area is 179 Å². The number of amides is 1. The van der Waals surface area contributed by atoms with Gasteiger partial charge in [0, 0.05) is 24.6 Å². The minimum absolute atomic E-state index is 0.0180. The van der Waals surface area contributed by atoms with Crippen molar-refractivity contribution in [2.75, 3.05) is 19.7 Å². The lowest BCUT2D eigenvalue weighted by atomic mass is 9.97. The van der Waals surface area contributed by atoms with Gasteiger partial charge in [0.1, 0.15) is 19.0 Å². The van der Waals surface area contributed by atoms with Crippen LogP contribution in [0.4, 0.5) is 0 Å². The number of fused-ring (bicyclic) bond motifs is 1. The highest BCUT2D eigenvalue weighted by Crippen LogP contribution is 2.26. The molecule has 0 radical (unpaired) electrons. The van der Waals surface area contributed by atoms with E-state index in [1.807, 2.05) is 59.5 Å². The van der Waals surface area contributed by atoms with Crippen LogP contribution in [0, 0.1) is 0 Å². The molecule has 2 aromatic heterocycles. The number of para-hydroxylation sites is 2. The van der Waals surface area contributed by atoms with Gasteiger partial charge < -0.3 is 19.1 Å². The van der Waals surface area contributed by atoms with E-state index in [9.17, 15) is 4.79 Å². The Morgan fingerprint density at radius 1 is 1.13 bits per heavy atom. The van der Waals surface area contributed by atoms with Gasteiger partial charge in [0.05, 0.1) is 11.0 Å². The molecule has 8 nitrogen and oxygen atoms in total. The summed E-state index contributed by atoms with van der Waals surface area (Å²) < 4.78 is 10.8. The van der Waals surface area contributed by atoms with Gasteiger partial charge in [-0.15, -0.1) is 0 Å². The van der Waals surface area contributed by atoms with Crippen LogP contribution in [-0.2, 0) is 16.1 Å². The zero-order valence-electron chi connectivity index (χ0n) is 17.0. The lowest BCUT2D eigenvalue weighted by Crippen LogP contribution is -2.41. The maximum absolute atomic E-state index is 12.7. The zero-order chi connectivity index (χ0) is 21.0. The highest BCUT2D eigenvalue weighted by Gasteiger charge is 2.27. The lowest BCUT2D eigenvalue weighted by molar-refractivity contribution is -0.138. The molecule has 1 N–H and O–H groups in total. The Morgan fingerprint density at radius 2 is 1.97 bits per heavy atom. The molecular weight excluding hydrogens is 394 g/mol. The monoisotopic (exact) mass is 417 g/mol. The average Bonchev–Trinajstić information content (AvgIpc) is 3.47. The summed E-state index contributed by atoms with van der Waals surface area (Å²) in [6.45, 7) is 1.46. The Balaban J connectivity index is 1.15. The van der Waals surface area contributed by atoms with Gasteiger partial charge in [-0.2, -0.15) is 4.98 Å². The number of ether oxygens (including phenoxy) is 1. The van der Waals surface area contributed by atoms with E-state index in [-0.39, 0.29) is 25.0 Å². The van der Waals surface area contributed by atoms with Crippen LogP contribution in [0.2, 0.25) is 0 Å². The maximum Gasteiger partial charge on any atom is 0.252 e. The zero-order valence-corrected chi connectivity index (χ0v) is 17.0. The van der Waals surface area contributed by atoms with Crippen LogP contribution in [0.3, 0.4) is 0 Å². The van der Waals surface area contributed by atoms with Gasteiger partial charge in [-0.1, -0.05) is 47.6 Å². The van der Waals surface area contributed by atoms with Gasteiger partial charge in [-0.05, 0) is 25.0 Å². The van der Waals surface area contributed by atoms with Crippen molar-refractivity contribution in [3.63, 3.8) is 0 Å². The first-order chi connectivity index (χ1) is 15.3. The van der Waals surface area contributed by atoms with Crippen molar-refractivity contribution in [2.45, 2.75) is 25.4 Å². The Hall–Kier alpha value is -3.52. The first-order valence-corrected chi connectivity index (χ1v) is 10.4. The van der Waals surface area contributed by atoms with E-state index in [1.165, 1.54) is 0 Å². The van der Waals surface area contributed by atoms with Crippen molar-refractivity contribution in [1.29, 1.82) is 0 Å². The molecule has 1 aliphatic heterocycles. The average molecular weight is 417 g/mol. The van der Waals surface area contributed by atoms with Crippen LogP contribution >= 0.6 is 0 Å². The van der Waals surface area contributed by atoms with Gasteiger partial charge in [-0.3, -0.25) is 4.79 Å². The molecule has 1 fully saturated rings. The summed E-state index contributed by atoms with van der Waals surface area (Å²) in [4.78, 5) is 26.9. The number of likely N-dealkylation sites (tertiary alicyclic amines) is 1. The summed E-state index contributed by atoms with van der Waals surface area (Å²) in [5.41, 5.74) is 2.86.